The first-order valence-corrected chi connectivity index (χ1v) is 21.3. The number of hydrogen-bond acceptors (Lipinski definition) is 2. The predicted octanol–water partition coefficient (Wildman–Crippen LogP) is 17.2. The van der Waals surface area contributed by atoms with Crippen LogP contribution >= 0.6 is 0 Å². The van der Waals surface area contributed by atoms with Gasteiger partial charge in [-0.2, -0.15) is 0 Å². The summed E-state index contributed by atoms with van der Waals surface area (Å²) in [5.41, 5.74) is 14.4. The molecule has 1 heterocycles. The van der Waals surface area contributed by atoms with E-state index in [4.69, 9.17) is 4.42 Å². The molecule has 0 aliphatic heterocycles. The van der Waals surface area contributed by atoms with E-state index in [2.05, 4.69) is 235 Å². The van der Waals surface area contributed by atoms with Crippen LogP contribution in [0.4, 0.5) is 17.1 Å². The van der Waals surface area contributed by atoms with Crippen molar-refractivity contribution in [3.05, 3.63) is 237 Å². The minimum Gasteiger partial charge on any atom is -0.455 e. The average Bonchev–Trinajstić information content (AvgIpc) is 3.74. The third kappa shape index (κ3) is 5.88. The fourth-order valence-electron chi connectivity index (χ4n) is 9.69. The lowest BCUT2D eigenvalue weighted by atomic mass is 9.85. The second kappa shape index (κ2) is 14.8. The monoisotopic (exact) mass is 789 g/mol. The normalized spacial score (nSPS) is 11.5. The van der Waals surface area contributed by atoms with Crippen molar-refractivity contribution < 1.29 is 4.42 Å². The van der Waals surface area contributed by atoms with Crippen LogP contribution in [0.25, 0.3) is 98.8 Å². The van der Waals surface area contributed by atoms with E-state index >= 15 is 0 Å². The molecule has 0 saturated carbocycles. The Morgan fingerprint density at radius 1 is 0.274 bits per heavy atom. The van der Waals surface area contributed by atoms with Gasteiger partial charge in [0.05, 0.1) is 5.69 Å². The highest BCUT2D eigenvalue weighted by atomic mass is 16.3. The van der Waals surface area contributed by atoms with Gasteiger partial charge in [-0.15, -0.1) is 0 Å². The molecule has 0 spiro atoms. The molecular formula is C60H39NO. The highest BCUT2D eigenvalue weighted by Crippen LogP contribution is 2.49. The van der Waals surface area contributed by atoms with Gasteiger partial charge in [0.1, 0.15) is 11.2 Å². The molecule has 0 radical (unpaired) electrons. The number of benzene rings is 11. The zero-order valence-electron chi connectivity index (χ0n) is 33.9. The molecule has 2 nitrogen and oxygen atoms in total. The van der Waals surface area contributed by atoms with Crippen LogP contribution in [-0.2, 0) is 0 Å². The number of nitrogens with zero attached hydrogens (tertiary/aromatic N) is 1. The SMILES string of the molecule is c1ccc(-c2ccc(N(c3cccc(-c4cccc5c4oc4ccccc45)c3)c3ccc4c(c3)c(-c3ccccc3)c(-c3ccccc3)c3ccccc34)c3ccccc23)cc1. The van der Waals surface area contributed by atoms with Crippen LogP contribution in [-0.4, -0.2) is 0 Å². The van der Waals surface area contributed by atoms with Crippen LogP contribution in [0.3, 0.4) is 0 Å². The molecule has 12 aromatic rings. The van der Waals surface area contributed by atoms with Gasteiger partial charge in [0.2, 0.25) is 0 Å². The van der Waals surface area contributed by atoms with E-state index < -0.39 is 0 Å². The van der Waals surface area contributed by atoms with E-state index in [0.717, 1.165) is 50.1 Å². The Morgan fingerprint density at radius 2 is 0.806 bits per heavy atom. The van der Waals surface area contributed by atoms with Gasteiger partial charge >= 0.3 is 0 Å². The topological polar surface area (TPSA) is 16.4 Å². The Bertz CT molecular complexity index is 3630. The van der Waals surface area contributed by atoms with Gasteiger partial charge in [0.15, 0.2) is 0 Å². The Kier molecular flexibility index (Phi) is 8.53. The van der Waals surface area contributed by atoms with Gasteiger partial charge < -0.3 is 9.32 Å². The van der Waals surface area contributed by atoms with E-state index in [0.29, 0.717) is 0 Å². The van der Waals surface area contributed by atoms with Gasteiger partial charge in [0.25, 0.3) is 0 Å². The van der Waals surface area contributed by atoms with Crippen molar-refractivity contribution in [3.63, 3.8) is 0 Å². The summed E-state index contributed by atoms with van der Waals surface area (Å²) in [5.74, 6) is 0. The molecule has 11 aromatic carbocycles. The van der Waals surface area contributed by atoms with Crippen molar-refractivity contribution >= 4 is 71.3 Å². The van der Waals surface area contributed by atoms with Crippen molar-refractivity contribution in [3.8, 4) is 44.5 Å². The van der Waals surface area contributed by atoms with Crippen molar-refractivity contribution in [2.45, 2.75) is 0 Å². The van der Waals surface area contributed by atoms with Crippen LogP contribution in [0.5, 0.6) is 0 Å². The molecule has 0 atom stereocenters. The molecule has 0 bridgehead atoms. The van der Waals surface area contributed by atoms with E-state index in [-0.39, 0.29) is 0 Å². The molecule has 0 aliphatic carbocycles. The highest BCUT2D eigenvalue weighted by Gasteiger charge is 2.23. The largest absolute Gasteiger partial charge is 0.455 e. The molecule has 290 valence electrons. The summed E-state index contributed by atoms with van der Waals surface area (Å²) in [4.78, 5) is 2.45. The molecule has 0 N–H and O–H groups in total. The maximum atomic E-state index is 6.59. The molecule has 1 aromatic heterocycles. The molecule has 0 saturated heterocycles. The fourth-order valence-corrected chi connectivity index (χ4v) is 9.69. The lowest BCUT2D eigenvalue weighted by Crippen LogP contribution is -2.11. The summed E-state index contributed by atoms with van der Waals surface area (Å²) in [6.07, 6.45) is 0. The molecule has 0 amide bonds. The highest BCUT2D eigenvalue weighted by molar-refractivity contribution is 6.22. The predicted molar refractivity (Wildman–Crippen MR) is 263 cm³/mol. The maximum Gasteiger partial charge on any atom is 0.143 e. The average molecular weight is 790 g/mol. The summed E-state index contributed by atoms with van der Waals surface area (Å²) >= 11 is 0. The Balaban J connectivity index is 1.15. The number of hydrogen-bond donors (Lipinski definition) is 0. The Labute approximate surface area is 360 Å². The first-order chi connectivity index (χ1) is 30.8. The third-order valence-electron chi connectivity index (χ3n) is 12.4. The zero-order chi connectivity index (χ0) is 41.0. The molecule has 62 heavy (non-hydrogen) atoms. The summed E-state index contributed by atoms with van der Waals surface area (Å²) in [5, 5.41) is 9.51. The molecular weight excluding hydrogens is 751 g/mol. The Morgan fingerprint density at radius 3 is 1.55 bits per heavy atom. The molecule has 0 unspecified atom stereocenters. The number of para-hydroxylation sites is 2. The Hall–Kier alpha value is -8.20. The van der Waals surface area contributed by atoms with Crippen molar-refractivity contribution in [1.29, 1.82) is 0 Å². The second-order valence-electron chi connectivity index (χ2n) is 16.0. The van der Waals surface area contributed by atoms with Crippen LogP contribution in [0.15, 0.2) is 241 Å². The van der Waals surface area contributed by atoms with E-state index in [1.165, 1.54) is 65.7 Å². The first-order valence-electron chi connectivity index (χ1n) is 21.3. The summed E-state index contributed by atoms with van der Waals surface area (Å²) < 4.78 is 6.59. The fraction of sp³-hybridized carbons (Fsp3) is 0. The number of rotatable bonds is 7. The molecule has 12 rings (SSSR count). The van der Waals surface area contributed by atoms with Crippen LogP contribution in [0.2, 0.25) is 0 Å². The number of furan rings is 1. The van der Waals surface area contributed by atoms with Gasteiger partial charge in [-0.05, 0) is 102 Å². The second-order valence-corrected chi connectivity index (χ2v) is 16.0. The van der Waals surface area contributed by atoms with E-state index in [9.17, 15) is 0 Å². The standard InChI is InChI=1S/C60H39NO/c1-4-18-40(19-5-1)46-36-37-56(51-28-12-10-26-48(46)51)61(44-25-16-24-43(38-44)47-31-17-32-54-52-29-14-15-33-57(52)62-60(47)54)45-34-35-50-49-27-11-13-30-53(49)58(41-20-6-2-7-21-41)59(55(50)39-45)42-22-8-3-9-23-42/h1-39H. The molecule has 2 heteroatoms. The van der Waals surface area contributed by atoms with Crippen molar-refractivity contribution in [2.24, 2.45) is 0 Å². The summed E-state index contributed by atoms with van der Waals surface area (Å²) in [6.45, 7) is 0. The van der Waals surface area contributed by atoms with Crippen LogP contribution in [0, 0.1) is 0 Å². The smallest absolute Gasteiger partial charge is 0.143 e. The lowest BCUT2D eigenvalue weighted by molar-refractivity contribution is 0.670. The molecule has 0 aliphatic rings. The summed E-state index contributed by atoms with van der Waals surface area (Å²) in [7, 11) is 0. The van der Waals surface area contributed by atoms with Crippen molar-refractivity contribution in [1.82, 2.24) is 0 Å². The lowest BCUT2D eigenvalue weighted by Gasteiger charge is -2.29. The zero-order valence-corrected chi connectivity index (χ0v) is 33.9. The first kappa shape index (κ1) is 35.7. The number of fused-ring (bicyclic) bond motifs is 7. The maximum absolute atomic E-state index is 6.59. The quantitative estimate of drug-likeness (QED) is 0.150. The van der Waals surface area contributed by atoms with Gasteiger partial charge in [0, 0.05) is 33.1 Å². The van der Waals surface area contributed by atoms with E-state index in [1.807, 2.05) is 6.07 Å². The minimum absolute atomic E-state index is 0.894. The molecule has 0 fully saturated rings. The van der Waals surface area contributed by atoms with Gasteiger partial charge in [-0.1, -0.05) is 200 Å². The van der Waals surface area contributed by atoms with E-state index in [1.54, 1.807) is 0 Å². The van der Waals surface area contributed by atoms with Gasteiger partial charge in [-0.25, -0.2) is 0 Å². The third-order valence-corrected chi connectivity index (χ3v) is 12.4. The number of anilines is 3. The minimum atomic E-state index is 0.894. The van der Waals surface area contributed by atoms with Crippen LogP contribution < -0.4 is 4.90 Å². The van der Waals surface area contributed by atoms with Crippen LogP contribution in [0.1, 0.15) is 0 Å². The summed E-state index contributed by atoms with van der Waals surface area (Å²) in [6, 6.07) is 85.5. The van der Waals surface area contributed by atoms with Gasteiger partial charge in [-0.3, -0.25) is 0 Å². The van der Waals surface area contributed by atoms with Crippen molar-refractivity contribution in [2.75, 3.05) is 4.90 Å².